The van der Waals surface area contributed by atoms with E-state index in [9.17, 15) is 30.7 Å². The summed E-state index contributed by atoms with van der Waals surface area (Å²) in [6, 6.07) is 36.1. The molecule has 67 heavy (non-hydrogen) atoms. The smallest absolute Gasteiger partial charge is 0.406 e. The maximum Gasteiger partial charge on any atom is 0.573 e. The van der Waals surface area contributed by atoms with E-state index in [1.165, 1.54) is 142 Å². The Labute approximate surface area is 392 Å². The van der Waals surface area contributed by atoms with Crippen LogP contribution in [0, 0.1) is 17.7 Å². The van der Waals surface area contributed by atoms with Gasteiger partial charge in [0.05, 0.1) is 0 Å². The van der Waals surface area contributed by atoms with E-state index in [0.717, 1.165) is 59.9 Å². The summed E-state index contributed by atoms with van der Waals surface area (Å²) in [7, 11) is 0. The Kier molecular flexibility index (Phi) is 17.3. The number of ether oxygens (including phenoxy) is 2. The first-order valence-corrected chi connectivity index (χ1v) is 24.6. The van der Waals surface area contributed by atoms with Crippen LogP contribution in [0.25, 0.3) is 21.5 Å². The fourth-order valence-electron chi connectivity index (χ4n) is 10.5. The highest BCUT2D eigenvalue weighted by atomic mass is 19.4. The molecule has 0 radical (unpaired) electrons. The van der Waals surface area contributed by atoms with Gasteiger partial charge >= 0.3 is 12.7 Å². The van der Waals surface area contributed by atoms with Gasteiger partial charge in [-0.3, -0.25) is 0 Å². The molecule has 0 atom stereocenters. The average Bonchev–Trinajstić information content (AvgIpc) is 3.31. The molecule has 0 bridgehead atoms. The maximum absolute atomic E-state index is 14.4. The number of alkyl halides is 6. The molecule has 0 heterocycles. The Bertz CT molecular complexity index is 2460. The number of rotatable bonds is 16. The number of hydrogen-bond acceptors (Lipinski definition) is 2. The third kappa shape index (κ3) is 15.0. The lowest BCUT2D eigenvalue weighted by Crippen LogP contribution is -2.18. The summed E-state index contributed by atoms with van der Waals surface area (Å²) in [6.07, 6.45) is 12.7. The molecule has 2 nitrogen and oxygen atoms in total. The van der Waals surface area contributed by atoms with Gasteiger partial charge in [-0.15, -0.1) is 26.3 Å². The van der Waals surface area contributed by atoms with Gasteiger partial charge in [-0.2, -0.15) is 0 Å². The topological polar surface area (TPSA) is 18.5 Å². The lowest BCUT2D eigenvalue weighted by atomic mass is 9.77. The first-order chi connectivity index (χ1) is 32.2. The second-order valence-electron chi connectivity index (χ2n) is 19.1. The fraction of sp³-hybridized carbons (Fsp3) is 0.448. The standard InChI is InChI=1S/C30H35F3O.C28H30F4O/c1-2-3-4-5-22-8-13-25(14-9-22)26-15-10-23(11-16-26)6-7-24-12-17-28-21-29(34-30(31,32)33)19-18-27(28)20-24;1-2-3-19-6-11-22(12-7-19)23-13-8-20(9-14-23)4-5-21-10-16-25-24(18-21)15-17-26(27(25)29)33-28(30,31)32/h10-12,15-22,25H,2-9,13-14H2,1H3;8-10,13-19,22H,2-7,11-12H2,1H3. The van der Waals surface area contributed by atoms with Gasteiger partial charge in [0.1, 0.15) is 5.75 Å². The van der Waals surface area contributed by atoms with Crippen molar-refractivity contribution in [1.82, 2.24) is 0 Å². The molecule has 0 spiro atoms. The summed E-state index contributed by atoms with van der Waals surface area (Å²) in [5.41, 5.74) is 7.70. The zero-order valence-corrected chi connectivity index (χ0v) is 39.0. The predicted octanol–water partition coefficient (Wildman–Crippen LogP) is 18.1. The van der Waals surface area contributed by atoms with E-state index >= 15 is 0 Å². The van der Waals surface area contributed by atoms with Gasteiger partial charge in [0.25, 0.3) is 0 Å². The van der Waals surface area contributed by atoms with Gasteiger partial charge in [0, 0.05) is 5.39 Å². The van der Waals surface area contributed by atoms with Crippen molar-refractivity contribution in [2.75, 3.05) is 0 Å². The van der Waals surface area contributed by atoms with Crippen LogP contribution in [-0.4, -0.2) is 12.7 Å². The number of benzene rings is 6. The zero-order valence-electron chi connectivity index (χ0n) is 39.0. The Balaban J connectivity index is 0.000000199. The molecule has 2 aliphatic rings. The molecule has 9 heteroatoms. The van der Waals surface area contributed by atoms with Crippen LogP contribution in [-0.2, 0) is 25.7 Å². The summed E-state index contributed by atoms with van der Waals surface area (Å²) in [4.78, 5) is 0. The summed E-state index contributed by atoms with van der Waals surface area (Å²) in [5, 5.41) is 2.36. The monoisotopic (exact) mass is 926 g/mol. The first-order valence-electron chi connectivity index (χ1n) is 24.6. The van der Waals surface area contributed by atoms with Crippen LogP contribution in [0.5, 0.6) is 11.5 Å². The van der Waals surface area contributed by atoms with Crippen LogP contribution in [0.3, 0.4) is 0 Å². The highest BCUT2D eigenvalue weighted by molar-refractivity contribution is 5.86. The molecule has 2 fully saturated rings. The lowest BCUT2D eigenvalue weighted by molar-refractivity contribution is -0.276. The van der Waals surface area contributed by atoms with E-state index in [0.29, 0.717) is 17.2 Å². The van der Waals surface area contributed by atoms with Crippen molar-refractivity contribution in [2.24, 2.45) is 11.8 Å². The first kappa shape index (κ1) is 49.8. The van der Waals surface area contributed by atoms with Crippen LogP contribution in [0.2, 0.25) is 0 Å². The molecular formula is C58H65F7O2. The highest BCUT2D eigenvalue weighted by Gasteiger charge is 2.33. The highest BCUT2D eigenvalue weighted by Crippen LogP contribution is 2.39. The number of halogens is 7. The SMILES string of the molecule is CCCC1CCC(c2ccc(CCc3ccc4c(F)c(OC(F)(F)F)ccc4c3)cc2)CC1.CCCCCC1CCC(c2ccc(CCc3ccc4cc(OC(F)(F)F)ccc4c3)cc2)CC1. The summed E-state index contributed by atoms with van der Waals surface area (Å²) in [5.74, 6) is 1.25. The maximum atomic E-state index is 14.4. The largest absolute Gasteiger partial charge is 0.573 e. The van der Waals surface area contributed by atoms with Crippen molar-refractivity contribution in [1.29, 1.82) is 0 Å². The second kappa shape index (κ2) is 23.3. The van der Waals surface area contributed by atoms with Crippen LogP contribution >= 0.6 is 0 Å². The van der Waals surface area contributed by atoms with E-state index in [-0.39, 0.29) is 11.1 Å². The molecule has 0 aliphatic heterocycles. The van der Waals surface area contributed by atoms with Gasteiger partial charge < -0.3 is 9.47 Å². The summed E-state index contributed by atoms with van der Waals surface area (Å²) in [6.45, 7) is 4.54. The van der Waals surface area contributed by atoms with Crippen molar-refractivity contribution in [2.45, 2.75) is 154 Å². The molecule has 0 amide bonds. The molecule has 0 N–H and O–H groups in total. The number of hydrogen-bond donors (Lipinski definition) is 0. The molecule has 358 valence electrons. The molecule has 6 aromatic rings. The average molecular weight is 927 g/mol. The van der Waals surface area contributed by atoms with Crippen LogP contribution < -0.4 is 9.47 Å². The van der Waals surface area contributed by atoms with E-state index in [2.05, 4.69) is 77.9 Å². The van der Waals surface area contributed by atoms with Gasteiger partial charge in [-0.05, 0) is 168 Å². The van der Waals surface area contributed by atoms with E-state index in [1.807, 2.05) is 18.2 Å². The minimum atomic E-state index is -4.92. The van der Waals surface area contributed by atoms with Gasteiger partial charge in [0.15, 0.2) is 11.6 Å². The molecule has 6 aromatic carbocycles. The quantitative estimate of drug-likeness (QED) is 0.0711. The summed E-state index contributed by atoms with van der Waals surface area (Å²) >= 11 is 0. The fourth-order valence-corrected chi connectivity index (χ4v) is 10.5. The molecule has 0 aromatic heterocycles. The van der Waals surface area contributed by atoms with E-state index < -0.39 is 24.3 Å². The van der Waals surface area contributed by atoms with Crippen molar-refractivity contribution in [3.8, 4) is 11.5 Å². The lowest BCUT2D eigenvalue weighted by Gasteiger charge is -2.29. The molecule has 0 saturated heterocycles. The Morgan fingerprint density at radius 2 is 0.910 bits per heavy atom. The zero-order chi connectivity index (χ0) is 47.4. The van der Waals surface area contributed by atoms with Crippen molar-refractivity contribution in [3.63, 3.8) is 0 Å². The molecule has 0 unspecified atom stereocenters. The van der Waals surface area contributed by atoms with Crippen molar-refractivity contribution < 1.29 is 40.2 Å². The van der Waals surface area contributed by atoms with Crippen molar-refractivity contribution in [3.05, 3.63) is 154 Å². The predicted molar refractivity (Wildman–Crippen MR) is 257 cm³/mol. The molecule has 2 saturated carbocycles. The molecule has 8 rings (SSSR count). The van der Waals surface area contributed by atoms with E-state index in [1.54, 1.807) is 12.1 Å². The number of aryl methyl sites for hydroxylation is 4. The second-order valence-corrected chi connectivity index (χ2v) is 19.1. The van der Waals surface area contributed by atoms with Crippen LogP contribution in [0.4, 0.5) is 30.7 Å². The Morgan fingerprint density at radius 3 is 1.45 bits per heavy atom. The minimum absolute atomic E-state index is 0.124. The Morgan fingerprint density at radius 1 is 0.448 bits per heavy atom. The molecule has 2 aliphatic carbocycles. The van der Waals surface area contributed by atoms with Crippen molar-refractivity contribution >= 4 is 21.5 Å². The third-order valence-corrected chi connectivity index (χ3v) is 14.2. The number of fused-ring (bicyclic) bond motifs is 2. The minimum Gasteiger partial charge on any atom is -0.406 e. The van der Waals surface area contributed by atoms with Gasteiger partial charge in [0.2, 0.25) is 0 Å². The normalized spacial score (nSPS) is 18.9. The Hall–Kier alpha value is -5.05. The number of unbranched alkanes of at least 4 members (excludes halogenated alkanes) is 2. The van der Waals surface area contributed by atoms with E-state index in [4.69, 9.17) is 0 Å². The van der Waals surface area contributed by atoms with Gasteiger partial charge in [-0.1, -0.05) is 149 Å². The van der Waals surface area contributed by atoms with Crippen LogP contribution in [0.15, 0.2) is 115 Å². The van der Waals surface area contributed by atoms with Gasteiger partial charge in [-0.25, -0.2) is 4.39 Å². The molecular weight excluding hydrogens is 862 g/mol. The summed E-state index contributed by atoms with van der Waals surface area (Å²) < 4.78 is 96.8. The third-order valence-electron chi connectivity index (χ3n) is 14.2. The van der Waals surface area contributed by atoms with Crippen LogP contribution in [0.1, 0.15) is 149 Å².